The van der Waals surface area contributed by atoms with Crippen LogP contribution in [-0.4, -0.2) is 5.11 Å². The maximum Gasteiger partial charge on any atom is 0.143 e. The summed E-state index contributed by atoms with van der Waals surface area (Å²) in [6.07, 6.45) is 3.51. The second-order valence-electron chi connectivity index (χ2n) is 4.46. The van der Waals surface area contributed by atoms with E-state index in [0.717, 1.165) is 12.1 Å². The minimum Gasteiger partial charge on any atom is -0.506 e. The van der Waals surface area contributed by atoms with Crippen LogP contribution < -0.4 is 0 Å². The second kappa shape index (κ2) is 6.69. The van der Waals surface area contributed by atoms with E-state index in [1.165, 1.54) is 18.4 Å². The van der Waals surface area contributed by atoms with E-state index in [0.29, 0.717) is 5.69 Å². The van der Waals surface area contributed by atoms with Gasteiger partial charge < -0.3 is 5.11 Å². The molecule has 0 heterocycles. The Morgan fingerprint density at radius 3 is 2.37 bits per heavy atom. The zero-order chi connectivity index (χ0) is 13.5. The molecule has 2 aromatic rings. The van der Waals surface area contributed by atoms with Crippen LogP contribution in [0.1, 0.15) is 25.3 Å². The van der Waals surface area contributed by atoms with Crippen molar-refractivity contribution in [3.63, 3.8) is 0 Å². The molecule has 0 aliphatic carbocycles. The van der Waals surface area contributed by atoms with E-state index in [4.69, 9.17) is 0 Å². The van der Waals surface area contributed by atoms with Gasteiger partial charge in [-0.3, -0.25) is 0 Å². The highest BCUT2D eigenvalue weighted by molar-refractivity contribution is 5.50. The zero-order valence-electron chi connectivity index (χ0n) is 11.1. The van der Waals surface area contributed by atoms with Gasteiger partial charge in [-0.25, -0.2) is 0 Å². The van der Waals surface area contributed by atoms with Crippen LogP contribution in [0.3, 0.4) is 0 Å². The van der Waals surface area contributed by atoms with Crippen molar-refractivity contribution < 1.29 is 5.11 Å². The van der Waals surface area contributed by atoms with Crippen molar-refractivity contribution in [2.75, 3.05) is 0 Å². The molecule has 3 nitrogen and oxygen atoms in total. The molecule has 2 aromatic carbocycles. The quantitative estimate of drug-likeness (QED) is 0.737. The lowest BCUT2D eigenvalue weighted by molar-refractivity contribution is 0.476. The number of para-hydroxylation sites is 1. The lowest BCUT2D eigenvalue weighted by Crippen LogP contribution is -1.82. The number of azo groups is 1. The van der Waals surface area contributed by atoms with Gasteiger partial charge >= 0.3 is 0 Å². The minimum absolute atomic E-state index is 0.144. The molecule has 19 heavy (non-hydrogen) atoms. The fraction of sp³-hybridized carbons (Fsp3) is 0.250. The predicted octanol–water partition coefficient (Wildman–Crippen LogP) is 5.15. The highest BCUT2D eigenvalue weighted by Gasteiger charge is 1.97. The zero-order valence-corrected chi connectivity index (χ0v) is 11.1. The van der Waals surface area contributed by atoms with E-state index in [2.05, 4.69) is 29.3 Å². The predicted molar refractivity (Wildman–Crippen MR) is 77.3 cm³/mol. The second-order valence-corrected chi connectivity index (χ2v) is 4.46. The Morgan fingerprint density at radius 1 is 0.947 bits per heavy atom. The molecule has 0 saturated carbocycles. The molecule has 0 radical (unpaired) electrons. The SMILES string of the molecule is CCCCc1ccc(/N=N/c2ccccc2O)cc1. The van der Waals surface area contributed by atoms with Gasteiger partial charge in [0.15, 0.2) is 0 Å². The average molecular weight is 254 g/mol. The van der Waals surface area contributed by atoms with Gasteiger partial charge in [0.2, 0.25) is 0 Å². The van der Waals surface area contributed by atoms with E-state index >= 15 is 0 Å². The smallest absolute Gasteiger partial charge is 0.143 e. The van der Waals surface area contributed by atoms with Gasteiger partial charge in [-0.2, -0.15) is 5.11 Å². The minimum atomic E-state index is 0.144. The Labute approximate surface area is 113 Å². The van der Waals surface area contributed by atoms with Crippen LogP contribution in [-0.2, 0) is 6.42 Å². The largest absolute Gasteiger partial charge is 0.506 e. The fourth-order valence-corrected chi connectivity index (χ4v) is 1.77. The number of nitrogens with zero attached hydrogens (tertiary/aromatic N) is 2. The number of phenols is 1. The van der Waals surface area contributed by atoms with E-state index < -0.39 is 0 Å². The molecule has 0 bridgehead atoms. The fourth-order valence-electron chi connectivity index (χ4n) is 1.77. The van der Waals surface area contributed by atoms with Crippen molar-refractivity contribution in [3.05, 3.63) is 54.1 Å². The first kappa shape index (κ1) is 13.3. The van der Waals surface area contributed by atoms with Crippen LogP contribution >= 0.6 is 0 Å². The van der Waals surface area contributed by atoms with Crippen LogP contribution in [0.4, 0.5) is 11.4 Å². The molecule has 0 unspecified atom stereocenters. The highest BCUT2D eigenvalue weighted by Crippen LogP contribution is 2.27. The molecule has 1 N–H and O–H groups in total. The molecule has 2 rings (SSSR count). The summed E-state index contributed by atoms with van der Waals surface area (Å²) < 4.78 is 0. The first-order valence-electron chi connectivity index (χ1n) is 6.58. The Morgan fingerprint density at radius 2 is 1.68 bits per heavy atom. The summed E-state index contributed by atoms with van der Waals surface area (Å²) in [7, 11) is 0. The summed E-state index contributed by atoms with van der Waals surface area (Å²) in [6.45, 7) is 2.19. The van der Waals surface area contributed by atoms with Crippen molar-refractivity contribution >= 4 is 11.4 Å². The maximum absolute atomic E-state index is 9.58. The Kier molecular flexibility index (Phi) is 4.67. The van der Waals surface area contributed by atoms with Crippen LogP contribution in [0.2, 0.25) is 0 Å². The Balaban J connectivity index is 2.05. The number of benzene rings is 2. The van der Waals surface area contributed by atoms with Gasteiger partial charge in [0.05, 0.1) is 5.69 Å². The van der Waals surface area contributed by atoms with Gasteiger partial charge in [-0.1, -0.05) is 37.6 Å². The van der Waals surface area contributed by atoms with Crippen molar-refractivity contribution in [2.45, 2.75) is 26.2 Å². The third-order valence-electron chi connectivity index (χ3n) is 2.91. The Bertz CT molecular complexity index is 547. The summed E-state index contributed by atoms with van der Waals surface area (Å²) in [6, 6.07) is 15.0. The van der Waals surface area contributed by atoms with E-state index in [-0.39, 0.29) is 5.75 Å². The Hall–Kier alpha value is -2.16. The molecule has 0 aliphatic rings. The third-order valence-corrected chi connectivity index (χ3v) is 2.91. The maximum atomic E-state index is 9.58. The number of unbranched alkanes of at least 4 members (excludes halogenated alkanes) is 1. The van der Waals surface area contributed by atoms with Crippen molar-refractivity contribution in [2.24, 2.45) is 10.2 Å². The third kappa shape index (κ3) is 3.91. The first-order chi connectivity index (χ1) is 9.29. The van der Waals surface area contributed by atoms with E-state index in [1.807, 2.05) is 18.2 Å². The number of phenolic OH excluding ortho intramolecular Hbond substituents is 1. The van der Waals surface area contributed by atoms with Gasteiger partial charge in [0.25, 0.3) is 0 Å². The molecule has 98 valence electrons. The van der Waals surface area contributed by atoms with Gasteiger partial charge in [0.1, 0.15) is 11.4 Å². The van der Waals surface area contributed by atoms with Crippen LogP contribution in [0.5, 0.6) is 5.75 Å². The molecular weight excluding hydrogens is 236 g/mol. The number of aromatic hydroxyl groups is 1. The standard InChI is InChI=1S/C16H18N2O/c1-2-3-6-13-9-11-14(12-10-13)17-18-15-7-4-5-8-16(15)19/h4-5,7-12,19H,2-3,6H2,1H3/b18-17+. The molecule has 0 saturated heterocycles. The molecule has 3 heteroatoms. The molecule has 0 fully saturated rings. The lowest BCUT2D eigenvalue weighted by atomic mass is 10.1. The van der Waals surface area contributed by atoms with Crippen LogP contribution in [0, 0.1) is 0 Å². The molecule has 0 atom stereocenters. The highest BCUT2D eigenvalue weighted by atomic mass is 16.3. The summed E-state index contributed by atoms with van der Waals surface area (Å²) in [4.78, 5) is 0. The number of rotatable bonds is 5. The monoisotopic (exact) mass is 254 g/mol. The lowest BCUT2D eigenvalue weighted by Gasteiger charge is -2.00. The molecular formula is C16H18N2O. The number of aryl methyl sites for hydroxylation is 1. The van der Waals surface area contributed by atoms with E-state index in [9.17, 15) is 5.11 Å². The van der Waals surface area contributed by atoms with E-state index in [1.54, 1.807) is 18.2 Å². The van der Waals surface area contributed by atoms with Crippen molar-refractivity contribution in [3.8, 4) is 5.75 Å². The normalized spacial score (nSPS) is 11.0. The number of hydrogen-bond acceptors (Lipinski definition) is 3. The van der Waals surface area contributed by atoms with Crippen LogP contribution in [0.25, 0.3) is 0 Å². The number of hydrogen-bond donors (Lipinski definition) is 1. The molecule has 0 spiro atoms. The van der Waals surface area contributed by atoms with Gasteiger partial charge in [0, 0.05) is 0 Å². The molecule has 0 aromatic heterocycles. The summed E-state index contributed by atoms with van der Waals surface area (Å²) in [5.41, 5.74) is 2.60. The molecule has 0 aliphatic heterocycles. The van der Waals surface area contributed by atoms with Crippen molar-refractivity contribution in [1.29, 1.82) is 0 Å². The summed E-state index contributed by atoms with van der Waals surface area (Å²) >= 11 is 0. The van der Waals surface area contributed by atoms with Gasteiger partial charge in [-0.15, -0.1) is 5.11 Å². The van der Waals surface area contributed by atoms with Crippen molar-refractivity contribution in [1.82, 2.24) is 0 Å². The first-order valence-corrected chi connectivity index (χ1v) is 6.58. The summed E-state index contributed by atoms with van der Waals surface area (Å²) in [5, 5.41) is 17.7. The molecule has 0 amide bonds. The van der Waals surface area contributed by atoms with Gasteiger partial charge in [-0.05, 0) is 42.7 Å². The average Bonchev–Trinajstić information content (AvgIpc) is 2.45. The topological polar surface area (TPSA) is 45.0 Å². The van der Waals surface area contributed by atoms with Crippen LogP contribution in [0.15, 0.2) is 58.8 Å². The summed E-state index contributed by atoms with van der Waals surface area (Å²) in [5.74, 6) is 0.144.